The molecule has 0 saturated carbocycles. The van der Waals surface area contributed by atoms with Crippen LogP contribution in [0.3, 0.4) is 0 Å². The molecule has 0 bridgehead atoms. The van der Waals surface area contributed by atoms with E-state index < -0.39 is 6.04 Å². The van der Waals surface area contributed by atoms with Gasteiger partial charge in [0.2, 0.25) is 5.91 Å². The molecule has 0 aliphatic carbocycles. The van der Waals surface area contributed by atoms with Crippen molar-refractivity contribution in [2.75, 3.05) is 6.54 Å². The number of aryl methyl sites for hydroxylation is 1. The molecular weight excluding hydrogens is 256 g/mol. The second-order valence-electron chi connectivity index (χ2n) is 3.42. The first-order valence-electron chi connectivity index (χ1n) is 4.85. The highest BCUT2D eigenvalue weighted by Crippen LogP contribution is 2.24. The zero-order valence-electron chi connectivity index (χ0n) is 8.88. The van der Waals surface area contributed by atoms with E-state index in [2.05, 4.69) is 21.2 Å². The molecule has 0 spiro atoms. The highest BCUT2D eigenvalue weighted by molar-refractivity contribution is 9.10. The van der Waals surface area contributed by atoms with Gasteiger partial charge in [-0.05, 0) is 30.7 Å². The number of likely N-dealkylation sites (N-methyl/N-ethyl adjacent to an activating group) is 1. The average molecular weight is 271 g/mol. The van der Waals surface area contributed by atoms with Gasteiger partial charge in [0.25, 0.3) is 0 Å². The minimum absolute atomic E-state index is 0.360. The van der Waals surface area contributed by atoms with Crippen molar-refractivity contribution in [1.29, 1.82) is 0 Å². The molecule has 15 heavy (non-hydrogen) atoms. The van der Waals surface area contributed by atoms with Gasteiger partial charge in [0.15, 0.2) is 0 Å². The van der Waals surface area contributed by atoms with Crippen LogP contribution in [0.4, 0.5) is 0 Å². The van der Waals surface area contributed by atoms with E-state index in [1.165, 1.54) is 0 Å². The number of carbonyl (C=O) groups excluding carboxylic acids is 1. The predicted molar refractivity (Wildman–Crippen MR) is 64.5 cm³/mol. The highest BCUT2D eigenvalue weighted by Gasteiger charge is 2.18. The summed E-state index contributed by atoms with van der Waals surface area (Å²) in [4.78, 5) is 11.3. The Morgan fingerprint density at radius 2 is 2.27 bits per heavy atom. The number of halogens is 1. The molecule has 3 N–H and O–H groups in total. The zero-order valence-corrected chi connectivity index (χ0v) is 10.5. The second-order valence-corrected chi connectivity index (χ2v) is 4.27. The fourth-order valence-corrected chi connectivity index (χ4v) is 2.16. The van der Waals surface area contributed by atoms with E-state index in [9.17, 15) is 4.79 Å². The Morgan fingerprint density at radius 3 is 2.73 bits per heavy atom. The quantitative estimate of drug-likeness (QED) is 0.878. The number of hydrogen-bond donors (Lipinski definition) is 2. The first kappa shape index (κ1) is 12.2. The van der Waals surface area contributed by atoms with Crippen LogP contribution in [0.1, 0.15) is 24.1 Å². The Bertz CT molecular complexity index is 366. The molecule has 1 rings (SSSR count). The Morgan fingerprint density at radius 1 is 1.60 bits per heavy atom. The Labute approximate surface area is 98.2 Å². The summed E-state index contributed by atoms with van der Waals surface area (Å²) in [6.07, 6.45) is 0. The van der Waals surface area contributed by atoms with Crippen LogP contribution in [-0.4, -0.2) is 12.5 Å². The average Bonchev–Trinajstić information content (AvgIpc) is 2.15. The van der Waals surface area contributed by atoms with E-state index in [1.54, 1.807) is 0 Å². The van der Waals surface area contributed by atoms with E-state index in [-0.39, 0.29) is 5.91 Å². The number of hydrogen-bond acceptors (Lipinski definition) is 2. The summed E-state index contributed by atoms with van der Waals surface area (Å²) < 4.78 is 0.909. The fraction of sp³-hybridized carbons (Fsp3) is 0.364. The standard InChI is InChI=1S/C11H15BrN2O/c1-3-14-10(11(13)15)8-5-4-7(2)6-9(8)12/h4-6,10,14H,3H2,1-2H3,(H2,13,15). The molecule has 0 fully saturated rings. The van der Waals surface area contributed by atoms with Crippen LogP contribution >= 0.6 is 15.9 Å². The van der Waals surface area contributed by atoms with Gasteiger partial charge >= 0.3 is 0 Å². The summed E-state index contributed by atoms with van der Waals surface area (Å²) in [6, 6.07) is 5.43. The minimum atomic E-state index is -0.426. The SMILES string of the molecule is CCNC(C(N)=O)c1ccc(C)cc1Br. The van der Waals surface area contributed by atoms with Gasteiger partial charge < -0.3 is 11.1 Å². The molecule has 1 amide bonds. The van der Waals surface area contributed by atoms with Crippen molar-refractivity contribution in [2.45, 2.75) is 19.9 Å². The normalized spacial score (nSPS) is 12.5. The molecule has 1 atom stereocenters. The van der Waals surface area contributed by atoms with Crippen molar-refractivity contribution >= 4 is 21.8 Å². The van der Waals surface area contributed by atoms with Crippen molar-refractivity contribution < 1.29 is 4.79 Å². The van der Waals surface area contributed by atoms with Gasteiger partial charge in [0, 0.05) is 4.47 Å². The number of benzene rings is 1. The molecule has 0 aliphatic rings. The van der Waals surface area contributed by atoms with E-state index in [4.69, 9.17) is 5.73 Å². The van der Waals surface area contributed by atoms with Gasteiger partial charge in [-0.15, -0.1) is 0 Å². The Balaban J connectivity index is 3.05. The zero-order chi connectivity index (χ0) is 11.4. The molecular formula is C11H15BrN2O. The number of carbonyl (C=O) groups is 1. The third kappa shape index (κ3) is 3.04. The minimum Gasteiger partial charge on any atom is -0.368 e. The summed E-state index contributed by atoms with van der Waals surface area (Å²) in [5.41, 5.74) is 7.37. The number of amides is 1. The van der Waals surface area contributed by atoms with Crippen molar-refractivity contribution in [1.82, 2.24) is 5.32 Å². The van der Waals surface area contributed by atoms with Crippen LogP contribution in [0, 0.1) is 6.92 Å². The van der Waals surface area contributed by atoms with Gasteiger partial charge in [-0.25, -0.2) is 0 Å². The third-order valence-electron chi connectivity index (χ3n) is 2.16. The molecule has 0 radical (unpaired) electrons. The molecule has 0 aromatic heterocycles. The number of nitrogens with one attached hydrogen (secondary N) is 1. The van der Waals surface area contributed by atoms with Crippen molar-refractivity contribution in [3.05, 3.63) is 33.8 Å². The lowest BCUT2D eigenvalue weighted by molar-refractivity contribution is -0.120. The van der Waals surface area contributed by atoms with E-state index in [0.717, 1.165) is 15.6 Å². The first-order chi connectivity index (χ1) is 7.06. The summed E-state index contributed by atoms with van der Waals surface area (Å²) in [7, 11) is 0. The van der Waals surface area contributed by atoms with E-state index in [1.807, 2.05) is 32.0 Å². The van der Waals surface area contributed by atoms with Crippen LogP contribution in [0.5, 0.6) is 0 Å². The topological polar surface area (TPSA) is 55.1 Å². The lowest BCUT2D eigenvalue weighted by atomic mass is 10.0. The third-order valence-corrected chi connectivity index (χ3v) is 2.85. The van der Waals surface area contributed by atoms with Crippen molar-refractivity contribution in [2.24, 2.45) is 5.73 Å². The first-order valence-corrected chi connectivity index (χ1v) is 5.64. The molecule has 0 heterocycles. The van der Waals surface area contributed by atoms with Crippen LogP contribution in [0.25, 0.3) is 0 Å². The molecule has 1 aromatic rings. The monoisotopic (exact) mass is 270 g/mol. The fourth-order valence-electron chi connectivity index (χ4n) is 1.43. The summed E-state index contributed by atoms with van der Waals surface area (Å²) in [5, 5.41) is 3.05. The number of primary amides is 1. The largest absolute Gasteiger partial charge is 0.368 e. The molecule has 1 unspecified atom stereocenters. The van der Waals surface area contributed by atoms with Gasteiger partial charge in [-0.3, -0.25) is 4.79 Å². The summed E-state index contributed by atoms with van der Waals surface area (Å²) in [6.45, 7) is 4.65. The summed E-state index contributed by atoms with van der Waals surface area (Å²) in [5.74, 6) is -0.360. The molecule has 3 nitrogen and oxygen atoms in total. The second kappa shape index (κ2) is 5.28. The van der Waals surface area contributed by atoms with Crippen LogP contribution in [0.15, 0.2) is 22.7 Å². The molecule has 4 heteroatoms. The summed E-state index contributed by atoms with van der Waals surface area (Å²) >= 11 is 3.44. The van der Waals surface area contributed by atoms with Crippen LogP contribution < -0.4 is 11.1 Å². The molecule has 82 valence electrons. The van der Waals surface area contributed by atoms with Crippen LogP contribution in [0.2, 0.25) is 0 Å². The van der Waals surface area contributed by atoms with Crippen LogP contribution in [-0.2, 0) is 4.79 Å². The lowest BCUT2D eigenvalue weighted by Crippen LogP contribution is -2.33. The van der Waals surface area contributed by atoms with E-state index >= 15 is 0 Å². The smallest absolute Gasteiger partial charge is 0.239 e. The van der Waals surface area contributed by atoms with Gasteiger partial charge in [-0.1, -0.05) is 35.0 Å². The Kier molecular flexibility index (Phi) is 4.29. The maximum atomic E-state index is 11.3. The van der Waals surface area contributed by atoms with Crippen molar-refractivity contribution in [3.8, 4) is 0 Å². The van der Waals surface area contributed by atoms with Crippen molar-refractivity contribution in [3.63, 3.8) is 0 Å². The molecule has 1 aromatic carbocycles. The molecule has 0 aliphatic heterocycles. The van der Waals surface area contributed by atoms with Gasteiger partial charge in [0.05, 0.1) is 0 Å². The highest BCUT2D eigenvalue weighted by atomic mass is 79.9. The predicted octanol–water partition coefficient (Wildman–Crippen LogP) is 1.89. The van der Waals surface area contributed by atoms with Gasteiger partial charge in [-0.2, -0.15) is 0 Å². The van der Waals surface area contributed by atoms with Gasteiger partial charge in [0.1, 0.15) is 6.04 Å². The maximum Gasteiger partial charge on any atom is 0.239 e. The number of nitrogens with two attached hydrogens (primary N) is 1. The lowest BCUT2D eigenvalue weighted by Gasteiger charge is -2.16. The number of rotatable bonds is 4. The maximum absolute atomic E-state index is 11.3. The Hall–Kier alpha value is -0.870. The van der Waals surface area contributed by atoms with E-state index in [0.29, 0.717) is 6.54 Å². The molecule has 0 saturated heterocycles.